The maximum absolute atomic E-state index is 12.0. The number of amides is 2. The lowest BCUT2D eigenvalue weighted by molar-refractivity contribution is 0.251. The van der Waals surface area contributed by atoms with Gasteiger partial charge in [-0.25, -0.2) is 4.79 Å². The largest absolute Gasteiger partial charge is 0.334 e. The molecule has 2 N–H and O–H groups in total. The maximum atomic E-state index is 12.0. The highest BCUT2D eigenvalue weighted by Gasteiger charge is 2.02. The number of anilines is 1. The van der Waals surface area contributed by atoms with Gasteiger partial charge in [0.25, 0.3) is 0 Å². The zero-order valence-corrected chi connectivity index (χ0v) is 13.7. The van der Waals surface area contributed by atoms with Crippen molar-refractivity contribution in [1.29, 1.82) is 0 Å². The molecule has 3 aromatic rings. The van der Waals surface area contributed by atoms with Crippen LogP contribution in [-0.4, -0.2) is 6.03 Å². The minimum Gasteiger partial charge on any atom is -0.334 e. The van der Waals surface area contributed by atoms with Crippen LogP contribution in [0.15, 0.2) is 84.9 Å². The fraction of sp³-hybridized carbons (Fsp3) is 0.0455. The fourth-order valence-corrected chi connectivity index (χ4v) is 2.29. The fourth-order valence-electron chi connectivity index (χ4n) is 2.29. The van der Waals surface area contributed by atoms with Crippen LogP contribution in [0.5, 0.6) is 0 Å². The average Bonchev–Trinajstić information content (AvgIpc) is 2.67. The summed E-state index contributed by atoms with van der Waals surface area (Å²) < 4.78 is 0. The number of hydrogen-bond donors (Lipinski definition) is 2. The van der Waals surface area contributed by atoms with E-state index in [4.69, 9.17) is 0 Å². The highest BCUT2D eigenvalue weighted by Crippen LogP contribution is 2.10. The lowest BCUT2D eigenvalue weighted by atomic mass is 10.1. The molecule has 0 aliphatic heterocycles. The Morgan fingerprint density at radius 1 is 0.760 bits per heavy atom. The first-order valence-electron chi connectivity index (χ1n) is 8.05. The van der Waals surface area contributed by atoms with Crippen LogP contribution in [0, 0.1) is 11.8 Å². The molecule has 0 aliphatic carbocycles. The summed E-state index contributed by atoms with van der Waals surface area (Å²) in [5.74, 6) is 6.22. The predicted octanol–water partition coefficient (Wildman–Crippen LogP) is 4.41. The third-order valence-corrected chi connectivity index (χ3v) is 3.54. The molecule has 0 aliphatic rings. The van der Waals surface area contributed by atoms with Crippen molar-refractivity contribution in [3.63, 3.8) is 0 Å². The zero-order chi connectivity index (χ0) is 17.3. The first kappa shape index (κ1) is 16.4. The Hall–Kier alpha value is -3.51. The number of carbonyl (C=O) groups excluding carboxylic acids is 1. The van der Waals surface area contributed by atoms with Gasteiger partial charge >= 0.3 is 6.03 Å². The molecule has 3 rings (SSSR count). The van der Waals surface area contributed by atoms with E-state index in [-0.39, 0.29) is 6.03 Å². The smallest absolute Gasteiger partial charge is 0.319 e. The van der Waals surface area contributed by atoms with E-state index in [2.05, 4.69) is 22.5 Å². The second kappa shape index (κ2) is 8.37. The minimum atomic E-state index is -0.239. The topological polar surface area (TPSA) is 41.1 Å². The molecule has 0 bridgehead atoms. The van der Waals surface area contributed by atoms with E-state index < -0.39 is 0 Å². The van der Waals surface area contributed by atoms with Crippen LogP contribution < -0.4 is 10.6 Å². The van der Waals surface area contributed by atoms with Crippen LogP contribution in [0.2, 0.25) is 0 Å². The van der Waals surface area contributed by atoms with Gasteiger partial charge in [0.1, 0.15) is 0 Å². The molecule has 0 saturated heterocycles. The average molecular weight is 326 g/mol. The predicted molar refractivity (Wildman–Crippen MR) is 101 cm³/mol. The molecule has 3 heteroatoms. The Morgan fingerprint density at radius 3 is 2.16 bits per heavy atom. The second-order valence-electron chi connectivity index (χ2n) is 5.49. The molecule has 0 heterocycles. The molecule has 0 aromatic heterocycles. The van der Waals surface area contributed by atoms with Crippen molar-refractivity contribution in [3.05, 3.63) is 102 Å². The van der Waals surface area contributed by atoms with Crippen molar-refractivity contribution in [2.75, 3.05) is 5.32 Å². The van der Waals surface area contributed by atoms with Gasteiger partial charge in [-0.15, -0.1) is 0 Å². The number of hydrogen-bond acceptors (Lipinski definition) is 1. The molecule has 0 radical (unpaired) electrons. The van der Waals surface area contributed by atoms with Gasteiger partial charge in [-0.2, -0.15) is 0 Å². The van der Waals surface area contributed by atoms with Crippen molar-refractivity contribution < 1.29 is 4.79 Å². The quantitative estimate of drug-likeness (QED) is 0.688. The standard InChI is InChI=1S/C22H18N2O/c25-22(23-17-20-10-5-2-6-11-20)24-21-13-7-12-19(16-21)15-14-18-8-3-1-4-9-18/h1-13,16H,17H2,(H2,23,24,25). The van der Waals surface area contributed by atoms with Crippen molar-refractivity contribution in [2.24, 2.45) is 0 Å². The van der Waals surface area contributed by atoms with Crippen molar-refractivity contribution in [1.82, 2.24) is 5.32 Å². The molecule has 2 amide bonds. The van der Waals surface area contributed by atoms with E-state index in [1.165, 1.54) is 0 Å². The molecular weight excluding hydrogens is 308 g/mol. The van der Waals surface area contributed by atoms with Crippen molar-refractivity contribution in [3.8, 4) is 11.8 Å². The normalized spacial score (nSPS) is 9.60. The van der Waals surface area contributed by atoms with Crippen molar-refractivity contribution >= 4 is 11.7 Å². The summed E-state index contributed by atoms with van der Waals surface area (Å²) in [4.78, 5) is 12.0. The van der Waals surface area contributed by atoms with E-state index in [0.29, 0.717) is 12.2 Å². The second-order valence-corrected chi connectivity index (χ2v) is 5.49. The van der Waals surface area contributed by atoms with Crippen LogP contribution in [-0.2, 0) is 6.54 Å². The third-order valence-electron chi connectivity index (χ3n) is 3.54. The van der Waals surface area contributed by atoms with E-state index in [0.717, 1.165) is 16.7 Å². The van der Waals surface area contributed by atoms with Gasteiger partial charge < -0.3 is 10.6 Å². The lowest BCUT2D eigenvalue weighted by Crippen LogP contribution is -2.28. The van der Waals surface area contributed by atoms with Crippen LogP contribution >= 0.6 is 0 Å². The van der Waals surface area contributed by atoms with Crippen LogP contribution in [0.1, 0.15) is 16.7 Å². The van der Waals surface area contributed by atoms with E-state index in [1.54, 1.807) is 0 Å². The Bertz CT molecular complexity index is 893. The number of urea groups is 1. The summed E-state index contributed by atoms with van der Waals surface area (Å²) in [6, 6.07) is 26.9. The molecule has 0 spiro atoms. The molecule has 0 unspecified atom stereocenters. The Morgan fingerprint density at radius 2 is 1.40 bits per heavy atom. The molecule has 0 atom stereocenters. The van der Waals surface area contributed by atoms with Gasteiger partial charge in [-0.05, 0) is 35.9 Å². The van der Waals surface area contributed by atoms with Crippen molar-refractivity contribution in [2.45, 2.75) is 6.54 Å². The monoisotopic (exact) mass is 326 g/mol. The minimum absolute atomic E-state index is 0.239. The summed E-state index contributed by atoms with van der Waals surface area (Å²) in [7, 11) is 0. The van der Waals surface area contributed by atoms with Gasteiger partial charge in [-0.1, -0.05) is 66.4 Å². The van der Waals surface area contributed by atoms with E-state index in [1.807, 2.05) is 84.9 Å². The number of carbonyl (C=O) groups is 1. The summed E-state index contributed by atoms with van der Waals surface area (Å²) in [5, 5.41) is 5.67. The molecule has 3 aromatic carbocycles. The zero-order valence-electron chi connectivity index (χ0n) is 13.7. The summed E-state index contributed by atoms with van der Waals surface area (Å²) in [6.07, 6.45) is 0. The van der Waals surface area contributed by atoms with E-state index in [9.17, 15) is 4.79 Å². The Balaban J connectivity index is 1.60. The maximum Gasteiger partial charge on any atom is 0.319 e. The third kappa shape index (κ3) is 5.26. The molecule has 122 valence electrons. The highest BCUT2D eigenvalue weighted by atomic mass is 16.2. The number of benzene rings is 3. The summed E-state index contributed by atoms with van der Waals surface area (Å²) >= 11 is 0. The number of rotatable bonds is 3. The van der Waals surface area contributed by atoms with Gasteiger partial charge in [0.05, 0.1) is 0 Å². The molecular formula is C22H18N2O. The molecule has 25 heavy (non-hydrogen) atoms. The van der Waals surface area contributed by atoms with Crippen LogP contribution in [0.3, 0.4) is 0 Å². The SMILES string of the molecule is O=C(NCc1ccccc1)Nc1cccc(C#Cc2ccccc2)c1. The lowest BCUT2D eigenvalue weighted by Gasteiger charge is -2.08. The molecule has 0 saturated carbocycles. The molecule has 3 nitrogen and oxygen atoms in total. The van der Waals surface area contributed by atoms with Crippen LogP contribution in [0.4, 0.5) is 10.5 Å². The Labute approximate surface area is 147 Å². The highest BCUT2D eigenvalue weighted by molar-refractivity contribution is 5.89. The first-order chi connectivity index (χ1) is 12.3. The van der Waals surface area contributed by atoms with Crippen LogP contribution in [0.25, 0.3) is 0 Å². The summed E-state index contributed by atoms with van der Waals surface area (Å²) in [6.45, 7) is 0.486. The van der Waals surface area contributed by atoms with E-state index >= 15 is 0 Å². The van der Waals surface area contributed by atoms with Gasteiger partial charge in [-0.3, -0.25) is 0 Å². The van der Waals surface area contributed by atoms with Gasteiger partial charge in [0.15, 0.2) is 0 Å². The first-order valence-corrected chi connectivity index (χ1v) is 8.05. The Kier molecular flexibility index (Phi) is 5.48. The van der Waals surface area contributed by atoms with Gasteiger partial charge in [0, 0.05) is 23.4 Å². The number of nitrogens with one attached hydrogen (secondary N) is 2. The van der Waals surface area contributed by atoms with Gasteiger partial charge in [0.2, 0.25) is 0 Å². The summed E-state index contributed by atoms with van der Waals surface area (Å²) in [5.41, 5.74) is 3.58. The molecule has 0 fully saturated rings.